The van der Waals surface area contributed by atoms with Crippen LogP contribution in [0.1, 0.15) is 28.7 Å². The van der Waals surface area contributed by atoms with Crippen molar-refractivity contribution in [3.8, 4) is 6.07 Å². The molecule has 0 aliphatic rings. The predicted molar refractivity (Wildman–Crippen MR) is 48.6 cm³/mol. The molecule has 0 atom stereocenters. The van der Waals surface area contributed by atoms with Crippen molar-refractivity contribution in [2.45, 2.75) is 13.8 Å². The molecule has 0 unspecified atom stereocenters. The lowest BCUT2D eigenvalue weighted by Gasteiger charge is -2.00. The molecule has 74 valence electrons. The number of aromatic nitrogens is 2. The second kappa shape index (κ2) is 3.92. The molecule has 5 nitrogen and oxygen atoms in total. The van der Waals surface area contributed by atoms with Gasteiger partial charge in [0.25, 0.3) is 0 Å². The smallest absolute Gasteiger partial charge is 0.343 e. The van der Waals surface area contributed by atoms with Crippen molar-refractivity contribution in [1.29, 1.82) is 5.26 Å². The standard InChI is InChI=1S/C9H11N3O2/c1-4-14-9(13)8-6(2)12(3)11-7(8)5-10/h4H2,1-3H3. The molecule has 1 aromatic heterocycles. The van der Waals surface area contributed by atoms with Crippen LogP contribution in [0, 0.1) is 18.3 Å². The first kappa shape index (κ1) is 10.3. The lowest BCUT2D eigenvalue weighted by molar-refractivity contribution is 0.0525. The van der Waals surface area contributed by atoms with E-state index in [2.05, 4.69) is 5.10 Å². The fraction of sp³-hybridized carbons (Fsp3) is 0.444. The second-order valence-corrected chi connectivity index (χ2v) is 2.76. The van der Waals surface area contributed by atoms with Gasteiger partial charge in [-0.05, 0) is 13.8 Å². The number of hydrogen-bond donors (Lipinski definition) is 0. The number of esters is 1. The van der Waals surface area contributed by atoms with Gasteiger partial charge < -0.3 is 4.74 Å². The molecule has 1 rings (SSSR count). The van der Waals surface area contributed by atoms with Crippen LogP contribution >= 0.6 is 0 Å². The molecule has 0 amide bonds. The Bertz CT molecular complexity index is 401. The molecule has 0 N–H and O–H groups in total. The molecular weight excluding hydrogens is 182 g/mol. The van der Waals surface area contributed by atoms with E-state index in [-0.39, 0.29) is 17.9 Å². The van der Waals surface area contributed by atoms with Gasteiger partial charge in [0.05, 0.1) is 12.3 Å². The summed E-state index contributed by atoms with van der Waals surface area (Å²) in [5, 5.41) is 12.6. The van der Waals surface area contributed by atoms with Gasteiger partial charge in [-0.2, -0.15) is 10.4 Å². The minimum Gasteiger partial charge on any atom is -0.462 e. The largest absolute Gasteiger partial charge is 0.462 e. The van der Waals surface area contributed by atoms with Crippen LogP contribution < -0.4 is 0 Å². The third kappa shape index (κ3) is 1.59. The van der Waals surface area contributed by atoms with Crippen LogP contribution in [0.3, 0.4) is 0 Å². The Kier molecular flexibility index (Phi) is 2.87. The zero-order valence-electron chi connectivity index (χ0n) is 8.37. The third-order valence-electron chi connectivity index (χ3n) is 1.92. The van der Waals surface area contributed by atoms with Crippen LogP contribution in [0.4, 0.5) is 0 Å². The molecule has 0 bridgehead atoms. The van der Waals surface area contributed by atoms with Crippen LogP contribution in [0.15, 0.2) is 0 Å². The van der Waals surface area contributed by atoms with Crippen LogP contribution in [0.25, 0.3) is 0 Å². The van der Waals surface area contributed by atoms with Crippen LogP contribution in [0.5, 0.6) is 0 Å². The molecule has 0 saturated carbocycles. The van der Waals surface area contributed by atoms with E-state index >= 15 is 0 Å². The number of rotatable bonds is 2. The first-order valence-electron chi connectivity index (χ1n) is 4.22. The highest BCUT2D eigenvalue weighted by Gasteiger charge is 2.20. The Labute approximate surface area is 81.9 Å². The molecular formula is C9H11N3O2. The van der Waals surface area contributed by atoms with Gasteiger partial charge in [-0.25, -0.2) is 4.79 Å². The normalized spacial score (nSPS) is 9.57. The summed E-state index contributed by atoms with van der Waals surface area (Å²) < 4.78 is 6.31. The Morgan fingerprint density at radius 3 is 2.86 bits per heavy atom. The Morgan fingerprint density at radius 2 is 2.36 bits per heavy atom. The molecule has 0 aliphatic carbocycles. The van der Waals surface area contributed by atoms with Gasteiger partial charge in [0.1, 0.15) is 11.6 Å². The highest BCUT2D eigenvalue weighted by Crippen LogP contribution is 2.13. The van der Waals surface area contributed by atoms with Crippen molar-refractivity contribution in [1.82, 2.24) is 9.78 Å². The van der Waals surface area contributed by atoms with Crippen molar-refractivity contribution < 1.29 is 9.53 Å². The zero-order valence-corrected chi connectivity index (χ0v) is 8.37. The van der Waals surface area contributed by atoms with Crippen molar-refractivity contribution >= 4 is 5.97 Å². The summed E-state index contributed by atoms with van der Waals surface area (Å²) in [5.74, 6) is -0.491. The van der Waals surface area contributed by atoms with Gasteiger partial charge in [-0.1, -0.05) is 0 Å². The number of hydrogen-bond acceptors (Lipinski definition) is 4. The molecule has 0 aliphatic heterocycles. The first-order chi connectivity index (χ1) is 6.61. The number of ether oxygens (including phenoxy) is 1. The minimum atomic E-state index is -0.491. The van der Waals surface area contributed by atoms with Gasteiger partial charge in [0.2, 0.25) is 0 Å². The van der Waals surface area contributed by atoms with Crippen molar-refractivity contribution in [2.75, 3.05) is 6.61 Å². The van der Waals surface area contributed by atoms with E-state index < -0.39 is 5.97 Å². The monoisotopic (exact) mass is 193 g/mol. The quantitative estimate of drug-likeness (QED) is 0.651. The Morgan fingerprint density at radius 1 is 1.71 bits per heavy atom. The molecule has 5 heteroatoms. The summed E-state index contributed by atoms with van der Waals surface area (Å²) >= 11 is 0. The maximum atomic E-state index is 11.4. The lowest BCUT2D eigenvalue weighted by atomic mass is 10.2. The number of nitriles is 1. The van der Waals surface area contributed by atoms with Gasteiger partial charge >= 0.3 is 5.97 Å². The van der Waals surface area contributed by atoms with E-state index in [1.165, 1.54) is 4.68 Å². The average molecular weight is 193 g/mol. The molecule has 14 heavy (non-hydrogen) atoms. The number of aryl methyl sites for hydroxylation is 1. The van der Waals surface area contributed by atoms with Crippen molar-refractivity contribution in [2.24, 2.45) is 7.05 Å². The van der Waals surface area contributed by atoms with Crippen molar-refractivity contribution in [3.63, 3.8) is 0 Å². The minimum absolute atomic E-state index is 0.114. The molecule has 1 heterocycles. The Balaban J connectivity index is 3.19. The SMILES string of the molecule is CCOC(=O)c1c(C#N)nn(C)c1C. The summed E-state index contributed by atoms with van der Waals surface area (Å²) in [7, 11) is 1.68. The average Bonchev–Trinajstić information content (AvgIpc) is 2.43. The van der Waals surface area contributed by atoms with E-state index in [1.807, 2.05) is 6.07 Å². The summed E-state index contributed by atoms with van der Waals surface area (Å²) in [6.07, 6.45) is 0. The fourth-order valence-electron chi connectivity index (χ4n) is 1.13. The van der Waals surface area contributed by atoms with Crippen molar-refractivity contribution in [3.05, 3.63) is 17.0 Å². The zero-order chi connectivity index (χ0) is 10.7. The molecule has 1 aromatic rings. The first-order valence-corrected chi connectivity index (χ1v) is 4.22. The highest BCUT2D eigenvalue weighted by atomic mass is 16.5. The molecule has 0 radical (unpaired) electrons. The number of carbonyl (C=O) groups is 1. The molecule has 0 spiro atoms. The summed E-state index contributed by atoms with van der Waals surface area (Å²) in [6, 6.07) is 1.86. The molecule has 0 saturated heterocycles. The lowest BCUT2D eigenvalue weighted by Crippen LogP contribution is -2.07. The summed E-state index contributed by atoms with van der Waals surface area (Å²) in [4.78, 5) is 11.4. The second-order valence-electron chi connectivity index (χ2n) is 2.76. The predicted octanol–water partition coefficient (Wildman–Crippen LogP) is 0.777. The maximum Gasteiger partial charge on any atom is 0.343 e. The van der Waals surface area contributed by atoms with Crippen LogP contribution in [0.2, 0.25) is 0 Å². The van der Waals surface area contributed by atoms with E-state index in [0.717, 1.165) is 0 Å². The van der Waals surface area contributed by atoms with Crippen LogP contribution in [-0.2, 0) is 11.8 Å². The van der Waals surface area contributed by atoms with E-state index in [4.69, 9.17) is 10.00 Å². The number of nitrogens with zero attached hydrogens (tertiary/aromatic N) is 3. The van der Waals surface area contributed by atoms with Crippen LogP contribution in [-0.4, -0.2) is 22.4 Å². The Hall–Kier alpha value is -1.83. The molecule has 0 aromatic carbocycles. The van der Waals surface area contributed by atoms with E-state index in [9.17, 15) is 4.79 Å². The third-order valence-corrected chi connectivity index (χ3v) is 1.92. The van der Waals surface area contributed by atoms with Gasteiger partial charge in [-0.3, -0.25) is 4.68 Å². The maximum absolute atomic E-state index is 11.4. The summed E-state index contributed by atoms with van der Waals surface area (Å²) in [5.41, 5.74) is 1.01. The molecule has 0 fully saturated rings. The topological polar surface area (TPSA) is 67.9 Å². The van der Waals surface area contributed by atoms with Gasteiger partial charge in [0.15, 0.2) is 5.69 Å². The van der Waals surface area contributed by atoms with E-state index in [0.29, 0.717) is 5.69 Å². The van der Waals surface area contributed by atoms with Gasteiger partial charge in [-0.15, -0.1) is 0 Å². The fourth-order valence-corrected chi connectivity index (χ4v) is 1.13. The van der Waals surface area contributed by atoms with Gasteiger partial charge in [0, 0.05) is 7.05 Å². The summed E-state index contributed by atoms with van der Waals surface area (Å²) in [6.45, 7) is 3.73. The highest BCUT2D eigenvalue weighted by molar-refractivity contribution is 5.92. The number of carbonyl (C=O) groups excluding carboxylic acids is 1. The van der Waals surface area contributed by atoms with E-state index in [1.54, 1.807) is 20.9 Å².